The van der Waals surface area contributed by atoms with Gasteiger partial charge < -0.3 is 10.4 Å². The SMILES string of the molecule is O=C(O)C1CCC(Nc2nc(Br)cs2)C1. The van der Waals surface area contributed by atoms with Crippen molar-refractivity contribution in [2.24, 2.45) is 5.92 Å². The van der Waals surface area contributed by atoms with Crippen molar-refractivity contribution in [1.82, 2.24) is 4.98 Å². The van der Waals surface area contributed by atoms with Gasteiger partial charge in [0.15, 0.2) is 5.13 Å². The standard InChI is InChI=1S/C9H11BrN2O2S/c10-7-4-15-9(12-7)11-6-2-1-5(3-6)8(13)14/h4-6H,1-3H2,(H,11,12)(H,13,14). The molecule has 2 atom stereocenters. The first kappa shape index (κ1) is 10.9. The Hall–Kier alpha value is -0.620. The first-order valence-corrected chi connectivity index (χ1v) is 6.43. The van der Waals surface area contributed by atoms with E-state index in [4.69, 9.17) is 5.11 Å². The molecule has 0 aromatic carbocycles. The summed E-state index contributed by atoms with van der Waals surface area (Å²) >= 11 is 4.81. The highest BCUT2D eigenvalue weighted by Crippen LogP contribution is 2.29. The molecule has 0 saturated heterocycles. The van der Waals surface area contributed by atoms with E-state index < -0.39 is 5.97 Å². The fourth-order valence-electron chi connectivity index (χ4n) is 1.83. The molecule has 1 heterocycles. The van der Waals surface area contributed by atoms with E-state index in [1.165, 1.54) is 11.3 Å². The van der Waals surface area contributed by atoms with Gasteiger partial charge in [0.25, 0.3) is 0 Å². The van der Waals surface area contributed by atoms with Crippen LogP contribution in [-0.2, 0) is 4.79 Å². The number of aromatic nitrogens is 1. The van der Waals surface area contributed by atoms with Crippen molar-refractivity contribution >= 4 is 38.4 Å². The van der Waals surface area contributed by atoms with E-state index in [-0.39, 0.29) is 12.0 Å². The lowest BCUT2D eigenvalue weighted by atomic mass is 10.1. The van der Waals surface area contributed by atoms with E-state index >= 15 is 0 Å². The molecular formula is C9H11BrN2O2S. The predicted molar refractivity (Wildman–Crippen MR) is 62.2 cm³/mol. The minimum absolute atomic E-state index is 0.189. The Bertz CT molecular complexity index is 369. The molecule has 1 aliphatic carbocycles. The second-order valence-corrected chi connectivity index (χ2v) is 5.34. The summed E-state index contributed by atoms with van der Waals surface area (Å²) in [4.78, 5) is 15.0. The fourth-order valence-corrected chi connectivity index (χ4v) is 3.05. The van der Waals surface area contributed by atoms with Gasteiger partial charge in [-0.1, -0.05) is 0 Å². The summed E-state index contributed by atoms with van der Waals surface area (Å²) in [5.41, 5.74) is 0. The van der Waals surface area contributed by atoms with Gasteiger partial charge >= 0.3 is 5.97 Å². The van der Waals surface area contributed by atoms with Gasteiger partial charge in [-0.2, -0.15) is 0 Å². The highest BCUT2D eigenvalue weighted by Gasteiger charge is 2.29. The van der Waals surface area contributed by atoms with Crippen LogP contribution in [0.4, 0.5) is 5.13 Å². The van der Waals surface area contributed by atoms with Gasteiger partial charge in [-0.25, -0.2) is 4.98 Å². The van der Waals surface area contributed by atoms with Crippen LogP contribution in [0.5, 0.6) is 0 Å². The number of anilines is 1. The van der Waals surface area contributed by atoms with Crippen molar-refractivity contribution in [2.45, 2.75) is 25.3 Å². The molecule has 82 valence electrons. The molecule has 1 aliphatic rings. The normalized spacial score (nSPS) is 25.4. The number of carbonyl (C=O) groups is 1. The first-order chi connectivity index (χ1) is 7.15. The lowest BCUT2D eigenvalue weighted by molar-refractivity contribution is -0.141. The molecule has 1 aromatic rings. The lowest BCUT2D eigenvalue weighted by Crippen LogP contribution is -2.17. The van der Waals surface area contributed by atoms with Crippen molar-refractivity contribution in [3.63, 3.8) is 0 Å². The fraction of sp³-hybridized carbons (Fsp3) is 0.556. The molecule has 2 unspecified atom stereocenters. The number of carboxylic acid groups (broad SMARTS) is 1. The van der Waals surface area contributed by atoms with Gasteiger partial charge in [0.2, 0.25) is 0 Å². The van der Waals surface area contributed by atoms with E-state index in [2.05, 4.69) is 26.2 Å². The molecule has 1 saturated carbocycles. The Labute approximate surface area is 99.8 Å². The third-order valence-electron chi connectivity index (χ3n) is 2.59. The highest BCUT2D eigenvalue weighted by molar-refractivity contribution is 9.10. The number of carboxylic acids is 1. The van der Waals surface area contributed by atoms with Gasteiger partial charge in [0.05, 0.1) is 5.92 Å². The lowest BCUT2D eigenvalue weighted by Gasteiger charge is -2.10. The molecule has 1 fully saturated rings. The summed E-state index contributed by atoms with van der Waals surface area (Å²) in [6.07, 6.45) is 2.38. The Morgan fingerprint density at radius 2 is 2.47 bits per heavy atom. The largest absolute Gasteiger partial charge is 0.481 e. The first-order valence-electron chi connectivity index (χ1n) is 4.75. The zero-order valence-corrected chi connectivity index (χ0v) is 10.3. The number of halogens is 1. The molecule has 0 bridgehead atoms. The van der Waals surface area contributed by atoms with Crippen LogP contribution < -0.4 is 5.32 Å². The van der Waals surface area contributed by atoms with Crippen LogP contribution in [0.15, 0.2) is 9.98 Å². The van der Waals surface area contributed by atoms with Crippen molar-refractivity contribution in [1.29, 1.82) is 0 Å². The Morgan fingerprint density at radius 1 is 1.67 bits per heavy atom. The van der Waals surface area contributed by atoms with E-state index in [0.717, 1.165) is 22.6 Å². The zero-order valence-electron chi connectivity index (χ0n) is 7.94. The molecule has 4 nitrogen and oxygen atoms in total. The minimum atomic E-state index is -0.681. The summed E-state index contributed by atoms with van der Waals surface area (Å²) in [5, 5.41) is 14.9. The van der Waals surface area contributed by atoms with E-state index in [1.807, 2.05) is 5.38 Å². The maximum atomic E-state index is 10.8. The molecule has 0 spiro atoms. The predicted octanol–water partition coefficient (Wildman–Crippen LogP) is 2.57. The molecule has 15 heavy (non-hydrogen) atoms. The average Bonchev–Trinajstić information content (AvgIpc) is 2.76. The summed E-state index contributed by atoms with van der Waals surface area (Å²) < 4.78 is 0.822. The summed E-state index contributed by atoms with van der Waals surface area (Å²) in [6.45, 7) is 0. The van der Waals surface area contributed by atoms with Crippen LogP contribution in [0.2, 0.25) is 0 Å². The third-order valence-corrected chi connectivity index (χ3v) is 4.07. The quantitative estimate of drug-likeness (QED) is 0.898. The monoisotopic (exact) mass is 290 g/mol. The topological polar surface area (TPSA) is 62.2 Å². The van der Waals surface area contributed by atoms with Crippen LogP contribution in [-0.4, -0.2) is 22.1 Å². The number of nitrogens with zero attached hydrogens (tertiary/aromatic N) is 1. The second-order valence-electron chi connectivity index (χ2n) is 3.66. The van der Waals surface area contributed by atoms with Crippen molar-refractivity contribution in [2.75, 3.05) is 5.32 Å². The summed E-state index contributed by atoms with van der Waals surface area (Å²) in [5.74, 6) is -0.870. The molecule has 0 amide bonds. The smallest absolute Gasteiger partial charge is 0.306 e. The van der Waals surface area contributed by atoms with E-state index in [9.17, 15) is 4.79 Å². The van der Waals surface area contributed by atoms with Crippen LogP contribution in [0.1, 0.15) is 19.3 Å². The zero-order chi connectivity index (χ0) is 10.8. The van der Waals surface area contributed by atoms with Gasteiger partial charge in [0, 0.05) is 11.4 Å². The van der Waals surface area contributed by atoms with Crippen LogP contribution >= 0.6 is 27.3 Å². The maximum absolute atomic E-state index is 10.8. The molecule has 6 heteroatoms. The van der Waals surface area contributed by atoms with Crippen molar-refractivity contribution in [3.8, 4) is 0 Å². The molecular weight excluding hydrogens is 280 g/mol. The number of thiazole rings is 1. The molecule has 1 aromatic heterocycles. The third kappa shape index (κ3) is 2.69. The summed E-state index contributed by atoms with van der Waals surface area (Å²) in [6, 6.07) is 0.254. The Kier molecular flexibility index (Phi) is 3.25. The average molecular weight is 291 g/mol. The van der Waals surface area contributed by atoms with E-state index in [0.29, 0.717) is 6.42 Å². The molecule has 0 radical (unpaired) electrons. The number of hydrogen-bond acceptors (Lipinski definition) is 4. The number of rotatable bonds is 3. The highest BCUT2D eigenvalue weighted by atomic mass is 79.9. The van der Waals surface area contributed by atoms with E-state index in [1.54, 1.807) is 0 Å². The second kappa shape index (κ2) is 4.49. The molecule has 2 rings (SSSR count). The Morgan fingerprint density at radius 3 is 3.00 bits per heavy atom. The van der Waals surface area contributed by atoms with Crippen LogP contribution in [0.3, 0.4) is 0 Å². The van der Waals surface area contributed by atoms with Crippen molar-refractivity contribution in [3.05, 3.63) is 9.98 Å². The van der Waals surface area contributed by atoms with Gasteiger partial charge in [-0.3, -0.25) is 4.79 Å². The van der Waals surface area contributed by atoms with Gasteiger partial charge in [-0.15, -0.1) is 11.3 Å². The van der Waals surface area contributed by atoms with Crippen LogP contribution in [0.25, 0.3) is 0 Å². The Balaban J connectivity index is 1.90. The maximum Gasteiger partial charge on any atom is 0.306 e. The number of hydrogen-bond donors (Lipinski definition) is 2. The molecule has 0 aliphatic heterocycles. The van der Waals surface area contributed by atoms with Gasteiger partial charge in [0.1, 0.15) is 4.60 Å². The number of aliphatic carboxylic acids is 1. The van der Waals surface area contributed by atoms with Crippen molar-refractivity contribution < 1.29 is 9.90 Å². The number of nitrogens with one attached hydrogen (secondary N) is 1. The van der Waals surface area contributed by atoms with Gasteiger partial charge in [-0.05, 0) is 35.2 Å². The van der Waals surface area contributed by atoms with Crippen LogP contribution in [0, 0.1) is 5.92 Å². The molecule has 2 N–H and O–H groups in total. The minimum Gasteiger partial charge on any atom is -0.481 e. The summed E-state index contributed by atoms with van der Waals surface area (Å²) in [7, 11) is 0.